The molecule has 0 amide bonds. The number of carbonyl (C=O) groups excluding carboxylic acids is 1. The van der Waals surface area contributed by atoms with Gasteiger partial charge in [-0.3, -0.25) is 9.35 Å². The van der Waals surface area contributed by atoms with Gasteiger partial charge in [-0.15, -0.1) is 0 Å². The van der Waals surface area contributed by atoms with Crippen LogP contribution in [0.1, 0.15) is 22.3 Å². The maximum Gasteiger partial charge on any atom is 0.264 e. The molecule has 2 rings (SSSR count). The minimum atomic E-state index is -3.95. The zero-order chi connectivity index (χ0) is 16.0. The van der Waals surface area contributed by atoms with Crippen LogP contribution in [-0.2, 0) is 10.1 Å². The largest absolute Gasteiger partial charge is 0.494 e. The molecule has 0 fully saturated rings. The van der Waals surface area contributed by atoms with E-state index in [1.165, 1.54) is 0 Å². The third kappa shape index (κ3) is 4.98. The quantitative estimate of drug-likeness (QED) is 0.482. The van der Waals surface area contributed by atoms with Crippen LogP contribution >= 0.6 is 0 Å². The van der Waals surface area contributed by atoms with Gasteiger partial charge in [0.25, 0.3) is 10.1 Å². The van der Waals surface area contributed by atoms with Crippen LogP contribution in [0.25, 0.3) is 0 Å². The first-order valence-corrected chi connectivity index (χ1v) is 8.34. The molecule has 0 heterocycles. The van der Waals surface area contributed by atoms with Gasteiger partial charge in [-0.25, -0.2) is 0 Å². The van der Waals surface area contributed by atoms with E-state index in [0.29, 0.717) is 16.9 Å². The fourth-order valence-corrected chi connectivity index (χ4v) is 2.37. The Bertz CT molecular complexity index is 721. The van der Waals surface area contributed by atoms with Crippen LogP contribution in [0, 0.1) is 0 Å². The number of rotatable bonds is 7. The Morgan fingerprint density at radius 2 is 1.55 bits per heavy atom. The van der Waals surface area contributed by atoms with Crippen molar-refractivity contribution in [1.29, 1.82) is 0 Å². The lowest BCUT2D eigenvalue weighted by Gasteiger charge is -2.06. The highest BCUT2D eigenvalue weighted by atomic mass is 32.2. The number of benzene rings is 2. The molecule has 22 heavy (non-hydrogen) atoms. The molecule has 0 aliphatic rings. The molecule has 6 heteroatoms. The molecular weight excluding hydrogens is 304 g/mol. The number of hydrogen-bond donors (Lipinski definition) is 1. The Morgan fingerprint density at radius 1 is 0.955 bits per heavy atom. The molecule has 0 aliphatic carbocycles. The van der Waals surface area contributed by atoms with E-state index in [1.54, 1.807) is 48.5 Å². The van der Waals surface area contributed by atoms with Gasteiger partial charge in [0.15, 0.2) is 5.78 Å². The fourth-order valence-electron chi connectivity index (χ4n) is 1.89. The average Bonchev–Trinajstić information content (AvgIpc) is 2.51. The van der Waals surface area contributed by atoms with E-state index in [1.807, 2.05) is 6.07 Å². The first kappa shape index (κ1) is 16.2. The van der Waals surface area contributed by atoms with Crippen LogP contribution in [0.4, 0.5) is 0 Å². The second-order valence-electron chi connectivity index (χ2n) is 4.71. The first-order chi connectivity index (χ1) is 10.5. The number of carbonyl (C=O) groups is 1. The van der Waals surface area contributed by atoms with Gasteiger partial charge in [-0.2, -0.15) is 8.42 Å². The van der Waals surface area contributed by atoms with Crippen LogP contribution in [0.3, 0.4) is 0 Å². The summed E-state index contributed by atoms with van der Waals surface area (Å²) in [4.78, 5) is 12.2. The minimum Gasteiger partial charge on any atom is -0.494 e. The Morgan fingerprint density at radius 3 is 2.14 bits per heavy atom. The van der Waals surface area contributed by atoms with Gasteiger partial charge in [0.2, 0.25) is 0 Å². The normalized spacial score (nSPS) is 11.1. The van der Waals surface area contributed by atoms with Crippen molar-refractivity contribution in [3.63, 3.8) is 0 Å². The van der Waals surface area contributed by atoms with Crippen molar-refractivity contribution < 1.29 is 22.5 Å². The Labute approximate surface area is 129 Å². The van der Waals surface area contributed by atoms with Crippen LogP contribution in [0.5, 0.6) is 5.75 Å². The summed E-state index contributed by atoms with van der Waals surface area (Å²) in [7, 11) is -3.95. The third-order valence-electron chi connectivity index (χ3n) is 2.97. The summed E-state index contributed by atoms with van der Waals surface area (Å²) < 4.78 is 35.1. The maximum absolute atomic E-state index is 12.2. The van der Waals surface area contributed by atoms with E-state index in [0.717, 1.165) is 0 Å². The highest BCUT2D eigenvalue weighted by Gasteiger charge is 2.08. The van der Waals surface area contributed by atoms with E-state index in [4.69, 9.17) is 9.29 Å². The molecular formula is C16H16O5S. The molecule has 0 bridgehead atoms. The second kappa shape index (κ2) is 7.20. The molecule has 0 atom stereocenters. The molecule has 0 unspecified atom stereocenters. The van der Waals surface area contributed by atoms with Crippen molar-refractivity contribution in [3.05, 3.63) is 65.7 Å². The summed E-state index contributed by atoms with van der Waals surface area (Å²) in [6, 6.07) is 15.6. The van der Waals surface area contributed by atoms with Crippen molar-refractivity contribution in [1.82, 2.24) is 0 Å². The molecule has 1 N–H and O–H groups in total. The Hall–Kier alpha value is -2.18. The van der Waals surface area contributed by atoms with Gasteiger partial charge in [0, 0.05) is 11.1 Å². The minimum absolute atomic E-state index is 0.0708. The SMILES string of the molecule is O=C(c1ccccc1)c1ccc(OCCCS(=O)(=O)O)cc1. The molecule has 0 radical (unpaired) electrons. The summed E-state index contributed by atoms with van der Waals surface area (Å²) in [5.74, 6) is 0.135. The molecule has 2 aromatic rings. The number of hydrogen-bond acceptors (Lipinski definition) is 4. The Balaban J connectivity index is 1.92. The third-order valence-corrected chi connectivity index (χ3v) is 3.77. The topological polar surface area (TPSA) is 80.7 Å². The Kier molecular flexibility index (Phi) is 5.30. The predicted octanol–water partition coefficient (Wildman–Crippen LogP) is 2.57. The zero-order valence-corrected chi connectivity index (χ0v) is 12.6. The van der Waals surface area contributed by atoms with Gasteiger partial charge < -0.3 is 4.74 Å². The molecule has 5 nitrogen and oxygen atoms in total. The van der Waals surface area contributed by atoms with Gasteiger partial charge in [0.1, 0.15) is 5.75 Å². The van der Waals surface area contributed by atoms with Crippen LogP contribution in [-0.4, -0.2) is 31.1 Å². The average molecular weight is 320 g/mol. The van der Waals surface area contributed by atoms with E-state index in [9.17, 15) is 13.2 Å². The van der Waals surface area contributed by atoms with Crippen LogP contribution in [0.2, 0.25) is 0 Å². The molecule has 0 saturated heterocycles. The van der Waals surface area contributed by atoms with E-state index < -0.39 is 10.1 Å². The van der Waals surface area contributed by atoms with Gasteiger partial charge >= 0.3 is 0 Å². The molecule has 0 aromatic heterocycles. The lowest BCUT2D eigenvalue weighted by atomic mass is 10.0. The number of ether oxygens (including phenoxy) is 1. The van der Waals surface area contributed by atoms with Gasteiger partial charge in [0.05, 0.1) is 12.4 Å². The highest BCUT2D eigenvalue weighted by Crippen LogP contribution is 2.15. The summed E-state index contributed by atoms with van der Waals surface area (Å²) in [6.45, 7) is 0.172. The van der Waals surface area contributed by atoms with E-state index >= 15 is 0 Å². The molecule has 0 saturated carbocycles. The second-order valence-corrected chi connectivity index (χ2v) is 6.28. The van der Waals surface area contributed by atoms with E-state index in [2.05, 4.69) is 0 Å². The molecule has 116 valence electrons. The summed E-state index contributed by atoms with van der Waals surface area (Å²) in [5, 5.41) is 0. The predicted molar refractivity (Wildman–Crippen MR) is 82.8 cm³/mol. The van der Waals surface area contributed by atoms with Crippen molar-refractivity contribution >= 4 is 15.9 Å². The molecule has 0 spiro atoms. The molecule has 2 aromatic carbocycles. The lowest BCUT2D eigenvalue weighted by Crippen LogP contribution is -2.08. The van der Waals surface area contributed by atoms with Crippen molar-refractivity contribution in [2.75, 3.05) is 12.4 Å². The summed E-state index contributed by atoms with van der Waals surface area (Å²) >= 11 is 0. The van der Waals surface area contributed by atoms with Crippen LogP contribution < -0.4 is 4.74 Å². The zero-order valence-electron chi connectivity index (χ0n) is 11.8. The van der Waals surface area contributed by atoms with Crippen molar-refractivity contribution in [3.8, 4) is 5.75 Å². The number of ketones is 1. The van der Waals surface area contributed by atoms with Gasteiger partial charge in [-0.1, -0.05) is 30.3 Å². The fraction of sp³-hybridized carbons (Fsp3) is 0.188. The first-order valence-electron chi connectivity index (χ1n) is 6.73. The standard InChI is InChI=1S/C16H16O5S/c17-16(13-5-2-1-3-6-13)14-7-9-15(10-8-14)21-11-4-12-22(18,19)20/h1-3,5-10H,4,11-12H2,(H,18,19,20). The van der Waals surface area contributed by atoms with Crippen LogP contribution in [0.15, 0.2) is 54.6 Å². The summed E-state index contributed by atoms with van der Waals surface area (Å²) in [6.07, 6.45) is 0.198. The van der Waals surface area contributed by atoms with Crippen molar-refractivity contribution in [2.24, 2.45) is 0 Å². The smallest absolute Gasteiger partial charge is 0.264 e. The summed E-state index contributed by atoms with van der Waals surface area (Å²) in [5.41, 5.74) is 1.17. The van der Waals surface area contributed by atoms with Crippen molar-refractivity contribution in [2.45, 2.75) is 6.42 Å². The maximum atomic E-state index is 12.2. The molecule has 0 aliphatic heterocycles. The lowest BCUT2D eigenvalue weighted by molar-refractivity contribution is 0.103. The van der Waals surface area contributed by atoms with Gasteiger partial charge in [-0.05, 0) is 30.7 Å². The van der Waals surface area contributed by atoms with E-state index in [-0.39, 0.29) is 24.6 Å². The highest BCUT2D eigenvalue weighted by molar-refractivity contribution is 7.85. The monoisotopic (exact) mass is 320 g/mol.